The molecule has 1 aromatic heterocycles. The number of allylic oxidation sites excluding steroid dienone is 1. The number of benzene rings is 2. The maximum atomic E-state index is 4.41. The summed E-state index contributed by atoms with van der Waals surface area (Å²) in [7, 11) is 0. The van der Waals surface area contributed by atoms with E-state index in [-0.39, 0.29) is 0 Å². The molecular formula is C25H28Br2N2S. The summed E-state index contributed by atoms with van der Waals surface area (Å²) >= 11 is 8.75. The van der Waals surface area contributed by atoms with Gasteiger partial charge in [-0.25, -0.2) is 0 Å². The fourth-order valence-corrected chi connectivity index (χ4v) is 5.21. The molecule has 0 atom stereocenters. The minimum absolute atomic E-state index is 0.912. The zero-order chi connectivity index (χ0) is 21.3. The number of hydrogen-bond donors (Lipinski definition) is 0. The number of hydrogen-bond acceptors (Lipinski definition) is 3. The Kier molecular flexibility index (Phi) is 9.28. The highest BCUT2D eigenvalue weighted by Gasteiger charge is 2.12. The van der Waals surface area contributed by atoms with Crippen molar-refractivity contribution in [2.24, 2.45) is 0 Å². The van der Waals surface area contributed by atoms with Crippen LogP contribution in [0, 0.1) is 0 Å². The number of unbranched alkanes of at least 4 members (excludes halogenated alkanes) is 5. The Morgan fingerprint density at radius 2 is 1.60 bits per heavy atom. The van der Waals surface area contributed by atoms with Crippen LogP contribution in [0.3, 0.4) is 0 Å². The van der Waals surface area contributed by atoms with Gasteiger partial charge in [0.15, 0.2) is 0 Å². The van der Waals surface area contributed by atoms with E-state index in [1.165, 1.54) is 49.7 Å². The van der Waals surface area contributed by atoms with Gasteiger partial charge >= 0.3 is 0 Å². The topological polar surface area (TPSA) is 25.8 Å². The molecule has 0 aliphatic rings. The van der Waals surface area contributed by atoms with E-state index in [4.69, 9.17) is 0 Å². The Balaban J connectivity index is 1.55. The van der Waals surface area contributed by atoms with E-state index in [0.29, 0.717) is 0 Å². The lowest BCUT2D eigenvalue weighted by molar-refractivity contribution is 0.604. The number of halogens is 2. The number of aromatic nitrogens is 2. The fourth-order valence-electron chi connectivity index (χ4n) is 3.41. The van der Waals surface area contributed by atoms with Gasteiger partial charge in [0.05, 0.1) is 0 Å². The second-order valence-electron chi connectivity index (χ2n) is 7.68. The van der Waals surface area contributed by atoms with Gasteiger partial charge in [0.2, 0.25) is 0 Å². The summed E-state index contributed by atoms with van der Waals surface area (Å²) in [6.07, 6.45) is 10.1. The first-order chi connectivity index (χ1) is 14.6. The van der Waals surface area contributed by atoms with Gasteiger partial charge in [-0.3, -0.25) is 0 Å². The van der Waals surface area contributed by atoms with Crippen LogP contribution >= 0.6 is 43.2 Å². The monoisotopic (exact) mass is 546 g/mol. The van der Waals surface area contributed by atoms with Gasteiger partial charge in [0, 0.05) is 20.1 Å². The van der Waals surface area contributed by atoms with Crippen LogP contribution in [0.1, 0.15) is 57.4 Å². The molecule has 0 aliphatic carbocycles. The van der Waals surface area contributed by atoms with Crippen molar-refractivity contribution in [1.29, 1.82) is 0 Å². The lowest BCUT2D eigenvalue weighted by atomic mass is 9.99. The van der Waals surface area contributed by atoms with Crippen molar-refractivity contribution in [2.75, 3.05) is 0 Å². The molecule has 30 heavy (non-hydrogen) atoms. The lowest BCUT2D eigenvalue weighted by Crippen LogP contribution is -1.90. The molecule has 0 N–H and O–H groups in total. The number of rotatable bonds is 11. The SMILES string of the molecule is C=C(CCCCCCCC)Cc1ccc(-c2nnc(-c3cc(Br)ccc3Br)s2)cc1. The van der Waals surface area contributed by atoms with E-state index < -0.39 is 0 Å². The van der Waals surface area contributed by atoms with Crippen molar-refractivity contribution >= 4 is 43.2 Å². The minimum Gasteiger partial charge on any atom is -0.138 e. The summed E-state index contributed by atoms with van der Waals surface area (Å²) in [5, 5.41) is 10.7. The van der Waals surface area contributed by atoms with Crippen molar-refractivity contribution in [3.63, 3.8) is 0 Å². The second-order valence-corrected chi connectivity index (χ2v) is 10.4. The molecule has 2 nitrogen and oxygen atoms in total. The highest BCUT2D eigenvalue weighted by Crippen LogP contribution is 2.35. The van der Waals surface area contributed by atoms with Crippen LogP contribution in [-0.4, -0.2) is 10.2 Å². The molecule has 0 saturated heterocycles. The maximum Gasteiger partial charge on any atom is 0.149 e. The maximum absolute atomic E-state index is 4.41. The summed E-state index contributed by atoms with van der Waals surface area (Å²) in [5.41, 5.74) is 4.80. The molecule has 5 heteroatoms. The van der Waals surface area contributed by atoms with Crippen LogP contribution in [0.4, 0.5) is 0 Å². The van der Waals surface area contributed by atoms with E-state index in [1.54, 1.807) is 11.3 Å². The first-order valence-corrected chi connectivity index (χ1v) is 13.0. The average molecular weight is 548 g/mol. The molecule has 0 spiro atoms. The van der Waals surface area contributed by atoms with Crippen molar-refractivity contribution in [3.05, 3.63) is 69.1 Å². The first-order valence-electron chi connectivity index (χ1n) is 10.6. The minimum atomic E-state index is 0.912. The van der Waals surface area contributed by atoms with Crippen molar-refractivity contribution in [1.82, 2.24) is 10.2 Å². The van der Waals surface area contributed by atoms with Crippen LogP contribution in [0.2, 0.25) is 0 Å². The zero-order valence-corrected chi connectivity index (χ0v) is 21.5. The molecule has 1 heterocycles. The van der Waals surface area contributed by atoms with Crippen molar-refractivity contribution in [2.45, 2.75) is 58.3 Å². The van der Waals surface area contributed by atoms with Gasteiger partial charge in [0.25, 0.3) is 0 Å². The molecule has 0 radical (unpaired) electrons. The highest BCUT2D eigenvalue weighted by molar-refractivity contribution is 9.11. The predicted octanol–water partition coefficient (Wildman–Crippen LogP) is 9.25. The standard InChI is InChI=1S/C25H28Br2N2S/c1-3-4-5-6-7-8-9-18(2)16-19-10-12-20(13-11-19)24-28-29-25(30-24)22-17-21(26)14-15-23(22)27/h10-15,17H,2-9,16H2,1H3. The summed E-state index contributed by atoms with van der Waals surface area (Å²) < 4.78 is 2.05. The van der Waals surface area contributed by atoms with Gasteiger partial charge in [0.1, 0.15) is 10.0 Å². The summed E-state index contributed by atoms with van der Waals surface area (Å²) in [4.78, 5) is 0. The second kappa shape index (κ2) is 11.9. The van der Waals surface area contributed by atoms with Crippen molar-refractivity contribution < 1.29 is 0 Å². The molecule has 0 bridgehead atoms. The Morgan fingerprint density at radius 3 is 2.37 bits per heavy atom. The van der Waals surface area contributed by atoms with Crippen LogP contribution in [-0.2, 0) is 6.42 Å². The molecule has 2 aromatic carbocycles. The van der Waals surface area contributed by atoms with Gasteiger partial charge < -0.3 is 0 Å². The van der Waals surface area contributed by atoms with E-state index in [9.17, 15) is 0 Å². The van der Waals surface area contributed by atoms with Crippen LogP contribution < -0.4 is 0 Å². The van der Waals surface area contributed by atoms with Gasteiger partial charge in [-0.05, 0) is 43.0 Å². The third-order valence-corrected chi connectivity index (χ3v) is 7.31. The zero-order valence-electron chi connectivity index (χ0n) is 17.5. The van der Waals surface area contributed by atoms with E-state index in [0.717, 1.165) is 42.9 Å². The molecule has 158 valence electrons. The van der Waals surface area contributed by atoms with Crippen LogP contribution in [0.25, 0.3) is 21.1 Å². The summed E-state index contributed by atoms with van der Waals surface area (Å²) in [6.45, 7) is 6.55. The molecule has 3 aromatic rings. The largest absolute Gasteiger partial charge is 0.149 e. The highest BCUT2D eigenvalue weighted by atomic mass is 79.9. The molecule has 0 amide bonds. The average Bonchev–Trinajstić information content (AvgIpc) is 3.23. The predicted molar refractivity (Wildman–Crippen MR) is 137 cm³/mol. The molecule has 0 unspecified atom stereocenters. The Bertz CT molecular complexity index is 964. The summed E-state index contributed by atoms with van der Waals surface area (Å²) in [5.74, 6) is 0. The molecule has 0 fully saturated rings. The van der Waals surface area contributed by atoms with E-state index in [2.05, 4.69) is 85.9 Å². The summed E-state index contributed by atoms with van der Waals surface area (Å²) in [6, 6.07) is 14.8. The molecule has 0 saturated carbocycles. The van der Waals surface area contributed by atoms with E-state index >= 15 is 0 Å². The van der Waals surface area contributed by atoms with Gasteiger partial charge in [-0.15, -0.1) is 10.2 Å². The quantitative estimate of drug-likeness (QED) is 0.176. The van der Waals surface area contributed by atoms with Crippen LogP contribution in [0.5, 0.6) is 0 Å². The lowest BCUT2D eigenvalue weighted by Gasteiger charge is -2.07. The van der Waals surface area contributed by atoms with Crippen molar-refractivity contribution in [3.8, 4) is 21.1 Å². The van der Waals surface area contributed by atoms with Gasteiger partial charge in [-0.2, -0.15) is 0 Å². The van der Waals surface area contributed by atoms with E-state index in [1.807, 2.05) is 12.1 Å². The Hall–Kier alpha value is -1.30. The number of nitrogens with zero attached hydrogens (tertiary/aromatic N) is 2. The molecule has 0 aliphatic heterocycles. The third-order valence-electron chi connectivity index (χ3n) is 5.12. The smallest absolute Gasteiger partial charge is 0.138 e. The Morgan fingerprint density at radius 1 is 0.900 bits per heavy atom. The third kappa shape index (κ3) is 6.86. The first kappa shape index (κ1) is 23.4. The molecular weight excluding hydrogens is 520 g/mol. The van der Waals surface area contributed by atoms with Gasteiger partial charge in [-0.1, -0.05) is 119 Å². The van der Waals surface area contributed by atoms with Crippen LogP contribution in [0.15, 0.2) is 63.6 Å². The molecule has 3 rings (SSSR count). The fraction of sp³-hybridized carbons (Fsp3) is 0.360. The Labute approximate surface area is 201 Å². The normalized spacial score (nSPS) is 11.0.